The number of hydrogen-bond acceptors (Lipinski definition) is 4. The maximum absolute atomic E-state index is 13.0. The first-order chi connectivity index (χ1) is 8.47. The Morgan fingerprint density at radius 2 is 2.00 bits per heavy atom. The number of aromatic nitrogens is 2. The monoisotopic (exact) mass is 263 g/mol. The van der Waals surface area contributed by atoms with Crippen LogP contribution in [-0.4, -0.2) is 22.4 Å². The molecule has 1 aliphatic carbocycles. The summed E-state index contributed by atoms with van der Waals surface area (Å²) in [5, 5.41) is 9.78. The zero-order chi connectivity index (χ0) is 13.2. The van der Waals surface area contributed by atoms with Gasteiger partial charge in [-0.15, -0.1) is 10.2 Å². The van der Waals surface area contributed by atoms with Gasteiger partial charge in [0.25, 0.3) is 0 Å². The highest BCUT2D eigenvalue weighted by atomic mass is 19.4. The van der Waals surface area contributed by atoms with E-state index in [1.165, 1.54) is 0 Å². The van der Waals surface area contributed by atoms with Gasteiger partial charge in [-0.3, -0.25) is 5.32 Å². The molecule has 1 heterocycles. The highest BCUT2D eigenvalue weighted by molar-refractivity contribution is 4.88. The van der Waals surface area contributed by atoms with Crippen LogP contribution in [0.2, 0.25) is 0 Å². The van der Waals surface area contributed by atoms with Gasteiger partial charge in [0.2, 0.25) is 11.8 Å². The van der Waals surface area contributed by atoms with E-state index in [0.717, 1.165) is 12.8 Å². The normalized spacial score (nSPS) is 19.3. The largest absolute Gasteiger partial charge is 0.424 e. The van der Waals surface area contributed by atoms with Crippen molar-refractivity contribution in [3.05, 3.63) is 11.8 Å². The van der Waals surface area contributed by atoms with Gasteiger partial charge in [-0.25, -0.2) is 0 Å². The third kappa shape index (κ3) is 3.22. The minimum absolute atomic E-state index is 0.0402. The Morgan fingerprint density at radius 1 is 1.33 bits per heavy atom. The second-order valence-electron chi connectivity index (χ2n) is 4.66. The van der Waals surface area contributed by atoms with Crippen LogP contribution in [0.5, 0.6) is 0 Å². The smallest absolute Gasteiger partial charge is 0.404 e. The Hall–Kier alpha value is -1.11. The van der Waals surface area contributed by atoms with Crippen LogP contribution in [0.25, 0.3) is 0 Å². The van der Waals surface area contributed by atoms with Gasteiger partial charge < -0.3 is 4.42 Å². The minimum atomic E-state index is -4.23. The van der Waals surface area contributed by atoms with Crippen LogP contribution in [0.4, 0.5) is 13.2 Å². The fourth-order valence-electron chi connectivity index (χ4n) is 2.45. The van der Waals surface area contributed by atoms with E-state index >= 15 is 0 Å². The molecule has 102 valence electrons. The van der Waals surface area contributed by atoms with Crippen LogP contribution >= 0.6 is 0 Å². The predicted octanol–water partition coefficient (Wildman–Crippen LogP) is 2.59. The summed E-state index contributed by atoms with van der Waals surface area (Å²) in [5.41, 5.74) is 0. The molecule has 0 spiro atoms. The standard InChI is InChI=1S/C11H16F3N3O/c1-7-16-17-9(18-7)6-15-10(11(12,13)14)8-4-2-3-5-8/h8,10,15H,2-6H2,1H3/t10-/m0/s1. The average molecular weight is 263 g/mol. The van der Waals surface area contributed by atoms with E-state index in [2.05, 4.69) is 15.5 Å². The van der Waals surface area contributed by atoms with Crippen molar-refractivity contribution >= 4 is 0 Å². The van der Waals surface area contributed by atoms with Crippen LogP contribution in [0.1, 0.15) is 37.5 Å². The molecule has 0 saturated heterocycles. The highest BCUT2D eigenvalue weighted by Gasteiger charge is 2.45. The zero-order valence-corrected chi connectivity index (χ0v) is 10.1. The summed E-state index contributed by atoms with van der Waals surface area (Å²) in [6.45, 7) is 1.57. The maximum atomic E-state index is 13.0. The van der Waals surface area contributed by atoms with Gasteiger partial charge in [0, 0.05) is 6.92 Å². The Bertz CT molecular complexity index is 385. The second-order valence-corrected chi connectivity index (χ2v) is 4.66. The molecule has 1 aromatic heterocycles. The molecular weight excluding hydrogens is 247 g/mol. The summed E-state index contributed by atoms with van der Waals surface area (Å²) in [6.07, 6.45) is -1.23. The topological polar surface area (TPSA) is 51.0 Å². The van der Waals surface area contributed by atoms with Gasteiger partial charge >= 0.3 is 6.18 Å². The molecule has 0 aliphatic heterocycles. The summed E-state index contributed by atoms with van der Waals surface area (Å²) < 4.78 is 43.9. The molecule has 0 unspecified atom stereocenters. The summed E-state index contributed by atoms with van der Waals surface area (Å²) in [7, 11) is 0. The fourth-order valence-corrected chi connectivity index (χ4v) is 2.45. The minimum Gasteiger partial charge on any atom is -0.424 e. The Labute approximate surface area is 103 Å². The number of nitrogens with zero attached hydrogens (tertiary/aromatic N) is 2. The lowest BCUT2D eigenvalue weighted by atomic mass is 9.97. The van der Waals surface area contributed by atoms with Gasteiger partial charge in [0.15, 0.2) is 0 Å². The number of halogens is 3. The molecule has 1 saturated carbocycles. The van der Waals surface area contributed by atoms with Crippen LogP contribution < -0.4 is 5.32 Å². The molecule has 4 nitrogen and oxygen atoms in total. The van der Waals surface area contributed by atoms with Crippen molar-refractivity contribution < 1.29 is 17.6 Å². The molecule has 0 aromatic carbocycles. The summed E-state index contributed by atoms with van der Waals surface area (Å²) in [5.74, 6) is 0.213. The predicted molar refractivity (Wildman–Crippen MR) is 57.7 cm³/mol. The Balaban J connectivity index is 1.97. The number of rotatable bonds is 4. The van der Waals surface area contributed by atoms with Crippen LogP contribution in [-0.2, 0) is 6.54 Å². The van der Waals surface area contributed by atoms with Crippen molar-refractivity contribution in [2.75, 3.05) is 0 Å². The van der Waals surface area contributed by atoms with E-state index in [0.29, 0.717) is 18.7 Å². The summed E-state index contributed by atoms with van der Waals surface area (Å²) in [6, 6.07) is -1.48. The molecule has 0 radical (unpaired) electrons. The van der Waals surface area contributed by atoms with Gasteiger partial charge in [0.1, 0.15) is 6.04 Å². The third-order valence-corrected chi connectivity index (χ3v) is 3.26. The SMILES string of the molecule is Cc1nnc(CN[C@@H](C2CCCC2)C(F)(F)F)o1. The Kier molecular flexibility index (Phi) is 3.89. The molecule has 2 rings (SSSR count). The molecule has 1 N–H and O–H groups in total. The molecule has 1 atom stereocenters. The van der Waals surface area contributed by atoms with Crippen molar-refractivity contribution in [2.45, 2.75) is 51.4 Å². The van der Waals surface area contributed by atoms with Crippen molar-refractivity contribution in [1.82, 2.24) is 15.5 Å². The van der Waals surface area contributed by atoms with Crippen LogP contribution in [0.3, 0.4) is 0 Å². The molecule has 0 bridgehead atoms. The number of nitrogens with one attached hydrogen (secondary N) is 1. The van der Waals surface area contributed by atoms with Crippen molar-refractivity contribution in [2.24, 2.45) is 5.92 Å². The van der Waals surface area contributed by atoms with Crippen molar-refractivity contribution in [3.63, 3.8) is 0 Å². The molecular formula is C11H16F3N3O. The lowest BCUT2D eigenvalue weighted by molar-refractivity contribution is -0.168. The van der Waals surface area contributed by atoms with E-state index in [-0.39, 0.29) is 18.4 Å². The van der Waals surface area contributed by atoms with Gasteiger partial charge in [-0.05, 0) is 18.8 Å². The van der Waals surface area contributed by atoms with Gasteiger partial charge in [-0.2, -0.15) is 13.2 Å². The summed E-state index contributed by atoms with van der Waals surface area (Å²) in [4.78, 5) is 0. The van der Waals surface area contributed by atoms with E-state index in [9.17, 15) is 13.2 Å². The lowest BCUT2D eigenvalue weighted by Crippen LogP contribution is -2.46. The highest BCUT2D eigenvalue weighted by Crippen LogP contribution is 2.35. The molecule has 18 heavy (non-hydrogen) atoms. The number of hydrogen-bond donors (Lipinski definition) is 1. The first-order valence-corrected chi connectivity index (χ1v) is 6.06. The number of alkyl halides is 3. The average Bonchev–Trinajstić information content (AvgIpc) is 2.88. The van der Waals surface area contributed by atoms with Crippen molar-refractivity contribution in [3.8, 4) is 0 Å². The Morgan fingerprint density at radius 3 is 2.50 bits per heavy atom. The lowest BCUT2D eigenvalue weighted by Gasteiger charge is -2.26. The third-order valence-electron chi connectivity index (χ3n) is 3.26. The fraction of sp³-hybridized carbons (Fsp3) is 0.818. The number of aryl methyl sites for hydroxylation is 1. The zero-order valence-electron chi connectivity index (χ0n) is 10.1. The molecule has 1 fully saturated rings. The van der Waals surface area contributed by atoms with Gasteiger partial charge in [0.05, 0.1) is 6.54 Å². The molecule has 0 amide bonds. The van der Waals surface area contributed by atoms with E-state index in [1.54, 1.807) is 6.92 Å². The maximum Gasteiger partial charge on any atom is 0.404 e. The van der Waals surface area contributed by atoms with Gasteiger partial charge in [-0.1, -0.05) is 12.8 Å². The van der Waals surface area contributed by atoms with E-state index in [4.69, 9.17) is 4.42 Å². The molecule has 1 aromatic rings. The van der Waals surface area contributed by atoms with Crippen LogP contribution in [0.15, 0.2) is 4.42 Å². The van der Waals surface area contributed by atoms with E-state index in [1.807, 2.05) is 0 Å². The first kappa shape index (κ1) is 13.3. The first-order valence-electron chi connectivity index (χ1n) is 6.06. The van der Waals surface area contributed by atoms with Crippen molar-refractivity contribution in [1.29, 1.82) is 0 Å². The van der Waals surface area contributed by atoms with E-state index < -0.39 is 12.2 Å². The summed E-state index contributed by atoms with van der Waals surface area (Å²) >= 11 is 0. The second kappa shape index (κ2) is 5.26. The van der Waals surface area contributed by atoms with Crippen LogP contribution in [0, 0.1) is 12.8 Å². The molecule has 1 aliphatic rings. The quantitative estimate of drug-likeness (QED) is 0.907. The molecule has 7 heteroatoms.